The third-order valence-electron chi connectivity index (χ3n) is 2.13. The van der Waals surface area contributed by atoms with E-state index in [2.05, 4.69) is 11.4 Å². The average molecular weight is 259 g/mol. The van der Waals surface area contributed by atoms with E-state index in [0.29, 0.717) is 0 Å². The molecule has 2 atom stereocenters. The Kier molecular flexibility index (Phi) is 5.09. The highest BCUT2D eigenvalue weighted by atomic mass is 19.4. The fraction of sp³-hybridized carbons (Fsp3) is 0.667. The summed E-state index contributed by atoms with van der Waals surface area (Å²) in [6.07, 6.45) is -7.98. The van der Waals surface area contributed by atoms with Crippen molar-refractivity contribution in [2.24, 2.45) is 0 Å². The van der Waals surface area contributed by atoms with Crippen molar-refractivity contribution < 1.29 is 32.3 Å². The molecular weight excluding hydrogens is 246 g/mol. The summed E-state index contributed by atoms with van der Waals surface area (Å²) >= 11 is 0. The maximum Gasteiger partial charge on any atom is 0.434 e. The van der Waals surface area contributed by atoms with Crippen molar-refractivity contribution in [3.05, 3.63) is 12.7 Å². The molecule has 8 heteroatoms. The van der Waals surface area contributed by atoms with Crippen LogP contribution in [-0.4, -0.2) is 48.2 Å². The Hall–Kier alpha value is -1.15. The molecule has 0 aliphatic heterocycles. The van der Waals surface area contributed by atoms with Gasteiger partial charge in [0, 0.05) is 7.05 Å². The SMILES string of the molecule is C=CC[C@H](O)[C@@](F)(C(=O)N(C)OC)C(F)(F)F. The summed E-state index contributed by atoms with van der Waals surface area (Å²) < 4.78 is 51.5. The van der Waals surface area contributed by atoms with Gasteiger partial charge < -0.3 is 5.11 Å². The summed E-state index contributed by atoms with van der Waals surface area (Å²) in [5.41, 5.74) is -4.42. The zero-order valence-electron chi connectivity index (χ0n) is 9.29. The minimum atomic E-state index is -5.56. The monoisotopic (exact) mass is 259 g/mol. The third kappa shape index (κ3) is 2.95. The van der Waals surface area contributed by atoms with E-state index in [0.717, 1.165) is 20.2 Å². The average Bonchev–Trinajstić information content (AvgIpc) is 2.24. The van der Waals surface area contributed by atoms with Crippen LogP contribution in [0.25, 0.3) is 0 Å². The second-order valence-corrected chi connectivity index (χ2v) is 3.23. The number of halogens is 4. The first-order chi connectivity index (χ1) is 7.62. The van der Waals surface area contributed by atoms with Gasteiger partial charge in [-0.2, -0.15) is 13.2 Å². The number of amides is 1. The minimum Gasteiger partial charge on any atom is -0.389 e. The van der Waals surface area contributed by atoms with Gasteiger partial charge in [0.25, 0.3) is 5.91 Å². The smallest absolute Gasteiger partial charge is 0.389 e. The molecule has 0 bridgehead atoms. The van der Waals surface area contributed by atoms with Crippen LogP contribution < -0.4 is 0 Å². The molecule has 0 aromatic rings. The second kappa shape index (κ2) is 5.46. The molecule has 0 fully saturated rings. The lowest BCUT2D eigenvalue weighted by Crippen LogP contribution is -2.60. The molecule has 0 aliphatic carbocycles. The van der Waals surface area contributed by atoms with Gasteiger partial charge in [-0.1, -0.05) is 6.08 Å². The van der Waals surface area contributed by atoms with Crippen LogP contribution in [0.3, 0.4) is 0 Å². The number of nitrogens with zero attached hydrogens (tertiary/aromatic N) is 1. The summed E-state index contributed by atoms with van der Waals surface area (Å²) in [5, 5.41) is 9.22. The quantitative estimate of drug-likeness (QED) is 0.458. The third-order valence-corrected chi connectivity index (χ3v) is 2.13. The zero-order chi connectivity index (χ0) is 13.9. The van der Waals surface area contributed by atoms with Crippen LogP contribution >= 0.6 is 0 Å². The first-order valence-corrected chi connectivity index (χ1v) is 4.49. The van der Waals surface area contributed by atoms with Gasteiger partial charge in [-0.15, -0.1) is 6.58 Å². The highest BCUT2D eigenvalue weighted by molar-refractivity contribution is 5.86. The Labute approximate surface area is 95.4 Å². The molecule has 0 heterocycles. The predicted molar refractivity (Wildman–Crippen MR) is 50.5 cm³/mol. The van der Waals surface area contributed by atoms with Crippen LogP contribution in [0.4, 0.5) is 17.6 Å². The van der Waals surface area contributed by atoms with Gasteiger partial charge in [-0.05, 0) is 6.42 Å². The van der Waals surface area contributed by atoms with Crippen LogP contribution in [0.2, 0.25) is 0 Å². The molecule has 0 unspecified atom stereocenters. The van der Waals surface area contributed by atoms with Gasteiger partial charge in [0.05, 0.1) is 7.11 Å². The fourth-order valence-corrected chi connectivity index (χ4v) is 1.09. The first-order valence-electron chi connectivity index (χ1n) is 4.49. The number of hydrogen-bond donors (Lipinski definition) is 1. The zero-order valence-corrected chi connectivity index (χ0v) is 9.29. The van der Waals surface area contributed by atoms with E-state index in [9.17, 15) is 22.4 Å². The lowest BCUT2D eigenvalue weighted by molar-refractivity contribution is -0.267. The highest BCUT2D eigenvalue weighted by Gasteiger charge is 2.67. The van der Waals surface area contributed by atoms with Crippen LogP contribution in [-0.2, 0) is 9.63 Å². The summed E-state index contributed by atoms with van der Waals surface area (Å²) in [4.78, 5) is 15.5. The summed E-state index contributed by atoms with van der Waals surface area (Å²) in [5.74, 6) is -2.03. The highest BCUT2D eigenvalue weighted by Crippen LogP contribution is 2.39. The molecule has 0 saturated heterocycles. The Balaban J connectivity index is 5.40. The van der Waals surface area contributed by atoms with Crippen LogP contribution in [0.15, 0.2) is 12.7 Å². The van der Waals surface area contributed by atoms with E-state index in [4.69, 9.17) is 5.11 Å². The molecule has 100 valence electrons. The van der Waals surface area contributed by atoms with Crippen molar-refractivity contribution in [1.29, 1.82) is 0 Å². The number of aliphatic hydroxyl groups is 1. The minimum absolute atomic E-state index is 0.0692. The van der Waals surface area contributed by atoms with E-state index in [1.165, 1.54) is 0 Å². The maximum absolute atomic E-state index is 13.8. The van der Waals surface area contributed by atoms with Crippen molar-refractivity contribution in [3.63, 3.8) is 0 Å². The second-order valence-electron chi connectivity index (χ2n) is 3.23. The molecule has 0 spiro atoms. The Bertz CT molecular complexity index is 294. The van der Waals surface area contributed by atoms with Gasteiger partial charge in [0.1, 0.15) is 6.10 Å². The molecule has 17 heavy (non-hydrogen) atoms. The molecule has 4 nitrogen and oxygen atoms in total. The molecule has 0 rings (SSSR count). The molecule has 1 N–H and O–H groups in total. The van der Waals surface area contributed by atoms with E-state index >= 15 is 0 Å². The van der Waals surface area contributed by atoms with Gasteiger partial charge in [-0.3, -0.25) is 9.63 Å². The van der Waals surface area contributed by atoms with Gasteiger partial charge in [0.15, 0.2) is 0 Å². The molecular formula is C9H13F4NO3. The molecule has 1 amide bonds. The number of alkyl halides is 4. The van der Waals surface area contributed by atoms with Crippen LogP contribution in [0.5, 0.6) is 0 Å². The van der Waals surface area contributed by atoms with Gasteiger partial charge >= 0.3 is 11.8 Å². The van der Waals surface area contributed by atoms with Gasteiger partial charge in [0.2, 0.25) is 0 Å². The van der Waals surface area contributed by atoms with Crippen molar-refractivity contribution in [2.75, 3.05) is 14.2 Å². The van der Waals surface area contributed by atoms with Crippen molar-refractivity contribution in [3.8, 4) is 0 Å². The standard InChI is InChI=1S/C9H13F4NO3/c1-4-5-6(15)8(10,9(11,12)13)7(16)14(2)17-3/h4,6,15H,1,5H2,2-3H3/t6-,8+/m0/s1. The number of hydrogen-bond acceptors (Lipinski definition) is 3. The maximum atomic E-state index is 13.8. The molecule has 0 saturated carbocycles. The van der Waals surface area contributed by atoms with Crippen LogP contribution in [0.1, 0.15) is 6.42 Å². The summed E-state index contributed by atoms with van der Waals surface area (Å²) in [6, 6.07) is 0. The molecule has 0 aromatic heterocycles. The van der Waals surface area contributed by atoms with E-state index in [1.807, 2.05) is 0 Å². The number of carbonyl (C=O) groups is 1. The van der Waals surface area contributed by atoms with Crippen LogP contribution in [0, 0.1) is 0 Å². The largest absolute Gasteiger partial charge is 0.434 e. The summed E-state index contributed by atoms with van der Waals surface area (Å²) in [7, 11) is 1.71. The number of rotatable bonds is 5. The number of aliphatic hydroxyl groups excluding tert-OH is 1. The lowest BCUT2D eigenvalue weighted by atomic mass is 9.94. The van der Waals surface area contributed by atoms with E-state index in [1.54, 1.807) is 0 Å². The van der Waals surface area contributed by atoms with Gasteiger partial charge in [-0.25, -0.2) is 9.45 Å². The lowest BCUT2D eigenvalue weighted by Gasteiger charge is -2.32. The van der Waals surface area contributed by atoms with Crippen molar-refractivity contribution in [1.82, 2.24) is 5.06 Å². The Morgan fingerprint density at radius 3 is 2.29 bits per heavy atom. The van der Waals surface area contributed by atoms with E-state index in [-0.39, 0.29) is 5.06 Å². The Morgan fingerprint density at radius 2 is 2.00 bits per heavy atom. The molecule has 0 aliphatic rings. The topological polar surface area (TPSA) is 49.8 Å². The Morgan fingerprint density at radius 1 is 1.53 bits per heavy atom. The number of hydroxylamine groups is 2. The molecule has 0 aromatic carbocycles. The normalized spacial score (nSPS) is 17.1. The van der Waals surface area contributed by atoms with Crippen molar-refractivity contribution in [2.45, 2.75) is 24.4 Å². The predicted octanol–water partition coefficient (Wildman–Crippen LogP) is 1.21. The summed E-state index contributed by atoms with van der Waals surface area (Å²) in [6.45, 7) is 3.07. The fourth-order valence-electron chi connectivity index (χ4n) is 1.09. The van der Waals surface area contributed by atoms with Crippen molar-refractivity contribution >= 4 is 5.91 Å². The molecule has 0 radical (unpaired) electrons. The number of carbonyl (C=O) groups excluding carboxylic acids is 1. The van der Waals surface area contributed by atoms with E-state index < -0.39 is 30.3 Å². The first kappa shape index (κ1) is 15.9.